The number of amides is 1. The topological polar surface area (TPSA) is 73.6 Å². The highest BCUT2D eigenvalue weighted by Crippen LogP contribution is 2.42. The van der Waals surface area contributed by atoms with Gasteiger partial charge in [0, 0.05) is 18.0 Å². The molecule has 3 N–H and O–H groups in total. The van der Waals surface area contributed by atoms with E-state index in [1.807, 2.05) is 6.07 Å². The van der Waals surface area contributed by atoms with Crippen molar-refractivity contribution in [3.63, 3.8) is 0 Å². The van der Waals surface area contributed by atoms with Gasteiger partial charge in [-0.2, -0.15) is 0 Å². The Hall–Kier alpha value is -1.75. The summed E-state index contributed by atoms with van der Waals surface area (Å²) < 4.78 is 10.6. The van der Waals surface area contributed by atoms with Crippen molar-refractivity contribution in [3.8, 4) is 11.5 Å². The highest BCUT2D eigenvalue weighted by molar-refractivity contribution is 5.94. The van der Waals surface area contributed by atoms with E-state index in [0.717, 1.165) is 25.7 Å². The van der Waals surface area contributed by atoms with Gasteiger partial charge in [-0.25, -0.2) is 0 Å². The van der Waals surface area contributed by atoms with Gasteiger partial charge in [-0.05, 0) is 49.7 Å². The fourth-order valence-electron chi connectivity index (χ4n) is 4.15. The lowest BCUT2D eigenvalue weighted by atomic mass is 9.65. The van der Waals surface area contributed by atoms with Crippen LogP contribution in [0.15, 0.2) is 18.2 Å². The predicted molar refractivity (Wildman–Crippen MR) is 89.7 cm³/mol. The molecule has 2 atom stereocenters. The summed E-state index contributed by atoms with van der Waals surface area (Å²) in [6.45, 7) is 0. The molecule has 23 heavy (non-hydrogen) atoms. The second-order valence-electron chi connectivity index (χ2n) is 6.75. The number of nitrogens with one attached hydrogen (secondary N) is 1. The van der Waals surface area contributed by atoms with Gasteiger partial charge >= 0.3 is 0 Å². The molecule has 2 bridgehead atoms. The lowest BCUT2D eigenvalue weighted by molar-refractivity contribution is -0.122. The molecule has 0 heterocycles. The van der Waals surface area contributed by atoms with Gasteiger partial charge in [0.05, 0.1) is 19.9 Å². The van der Waals surface area contributed by atoms with Gasteiger partial charge in [0.1, 0.15) is 11.5 Å². The molecule has 1 aromatic carbocycles. The number of fused-ring (bicyclic) bond motifs is 2. The summed E-state index contributed by atoms with van der Waals surface area (Å²) in [7, 11) is 3.21. The monoisotopic (exact) mass is 318 g/mol. The fraction of sp³-hybridized carbons (Fsp3) is 0.611. The molecule has 1 aromatic rings. The van der Waals surface area contributed by atoms with Crippen LogP contribution < -0.4 is 20.5 Å². The van der Waals surface area contributed by atoms with E-state index in [4.69, 9.17) is 15.2 Å². The number of nitrogens with two attached hydrogens (primary N) is 1. The standard InChI is InChI=1S/C18H26N2O3/c1-22-14-6-7-16(23-2)15(10-14)20-18(21)13-8-11-4-3-5-12(9-13)17(11)19/h6-7,10-13,17H,3-5,8-9,19H2,1-2H3,(H,20,21). The van der Waals surface area contributed by atoms with Gasteiger partial charge in [-0.3, -0.25) is 4.79 Å². The van der Waals surface area contributed by atoms with Crippen LogP contribution in [0.5, 0.6) is 11.5 Å². The van der Waals surface area contributed by atoms with Crippen LogP contribution in [0.3, 0.4) is 0 Å². The van der Waals surface area contributed by atoms with Gasteiger partial charge in [0.15, 0.2) is 0 Å². The van der Waals surface area contributed by atoms with Crippen molar-refractivity contribution in [1.29, 1.82) is 0 Å². The van der Waals surface area contributed by atoms with Crippen LogP contribution in [0, 0.1) is 17.8 Å². The molecule has 0 aromatic heterocycles. The zero-order chi connectivity index (χ0) is 16.4. The Morgan fingerprint density at radius 1 is 1.17 bits per heavy atom. The molecular formula is C18H26N2O3. The van der Waals surface area contributed by atoms with Gasteiger partial charge in [0.25, 0.3) is 0 Å². The van der Waals surface area contributed by atoms with E-state index in [-0.39, 0.29) is 17.9 Å². The van der Waals surface area contributed by atoms with Crippen LogP contribution in [0.25, 0.3) is 0 Å². The Balaban J connectivity index is 1.72. The van der Waals surface area contributed by atoms with Crippen molar-refractivity contribution < 1.29 is 14.3 Å². The van der Waals surface area contributed by atoms with Gasteiger partial charge in [-0.15, -0.1) is 0 Å². The highest BCUT2D eigenvalue weighted by atomic mass is 16.5. The van der Waals surface area contributed by atoms with Crippen LogP contribution >= 0.6 is 0 Å². The second-order valence-corrected chi connectivity index (χ2v) is 6.75. The average Bonchev–Trinajstić information content (AvgIpc) is 2.54. The number of carbonyl (C=O) groups is 1. The summed E-state index contributed by atoms with van der Waals surface area (Å²) in [6, 6.07) is 5.70. The van der Waals surface area contributed by atoms with Crippen molar-refractivity contribution in [1.82, 2.24) is 0 Å². The number of anilines is 1. The Bertz CT molecular complexity index is 561. The smallest absolute Gasteiger partial charge is 0.227 e. The second kappa shape index (κ2) is 6.79. The summed E-state index contributed by atoms with van der Waals surface area (Å²) in [5.41, 5.74) is 6.98. The first kappa shape index (κ1) is 16.1. The Kier molecular flexibility index (Phi) is 4.76. The zero-order valence-corrected chi connectivity index (χ0v) is 13.9. The van der Waals surface area contributed by atoms with Crippen molar-refractivity contribution >= 4 is 11.6 Å². The number of rotatable bonds is 4. The summed E-state index contributed by atoms with van der Waals surface area (Å²) in [6.07, 6.45) is 5.36. The third-order valence-electron chi connectivity index (χ3n) is 5.45. The third kappa shape index (κ3) is 3.29. The molecule has 0 spiro atoms. The van der Waals surface area contributed by atoms with Crippen molar-refractivity contribution in [2.45, 2.75) is 38.1 Å². The van der Waals surface area contributed by atoms with Crippen LogP contribution in [0.2, 0.25) is 0 Å². The molecule has 2 aliphatic carbocycles. The van der Waals surface area contributed by atoms with Crippen LogP contribution in [0.4, 0.5) is 5.69 Å². The normalized spacial score (nSPS) is 29.7. The molecule has 0 radical (unpaired) electrons. The van der Waals surface area contributed by atoms with Gasteiger partial charge in [0.2, 0.25) is 5.91 Å². The SMILES string of the molecule is COc1ccc(OC)c(NC(=O)C2CC3CCCC(C2)C3N)c1. The number of ether oxygens (including phenoxy) is 2. The van der Waals surface area contributed by atoms with Crippen molar-refractivity contribution in [2.24, 2.45) is 23.5 Å². The first-order valence-electron chi connectivity index (χ1n) is 8.41. The minimum absolute atomic E-state index is 0.0426. The summed E-state index contributed by atoms with van der Waals surface area (Å²) >= 11 is 0. The fourth-order valence-corrected chi connectivity index (χ4v) is 4.15. The van der Waals surface area contributed by atoms with E-state index in [9.17, 15) is 4.79 Å². The van der Waals surface area contributed by atoms with Crippen LogP contribution in [0.1, 0.15) is 32.1 Å². The molecule has 2 unspecified atom stereocenters. The van der Waals surface area contributed by atoms with Gasteiger partial charge in [-0.1, -0.05) is 6.42 Å². The van der Waals surface area contributed by atoms with E-state index >= 15 is 0 Å². The lowest BCUT2D eigenvalue weighted by Gasteiger charge is -2.43. The molecule has 0 aliphatic heterocycles. The summed E-state index contributed by atoms with van der Waals surface area (Å²) in [5, 5.41) is 3.03. The molecule has 0 saturated heterocycles. The zero-order valence-electron chi connectivity index (χ0n) is 13.9. The van der Waals surface area contributed by atoms with Crippen LogP contribution in [-0.2, 0) is 4.79 Å². The van der Waals surface area contributed by atoms with E-state index in [1.165, 1.54) is 6.42 Å². The molecule has 2 saturated carbocycles. The number of hydrogen-bond acceptors (Lipinski definition) is 4. The third-order valence-corrected chi connectivity index (χ3v) is 5.45. The van der Waals surface area contributed by atoms with Crippen LogP contribution in [-0.4, -0.2) is 26.2 Å². The Labute approximate surface area is 137 Å². The van der Waals surface area contributed by atoms with Crippen molar-refractivity contribution in [3.05, 3.63) is 18.2 Å². The van der Waals surface area contributed by atoms with E-state index in [1.54, 1.807) is 26.4 Å². The molecular weight excluding hydrogens is 292 g/mol. The maximum atomic E-state index is 12.7. The Morgan fingerprint density at radius 3 is 2.48 bits per heavy atom. The molecule has 5 nitrogen and oxygen atoms in total. The average molecular weight is 318 g/mol. The number of benzene rings is 1. The summed E-state index contributed by atoms with van der Waals surface area (Å²) in [4.78, 5) is 12.7. The Morgan fingerprint density at radius 2 is 1.87 bits per heavy atom. The minimum Gasteiger partial charge on any atom is -0.497 e. The minimum atomic E-state index is 0.0426. The van der Waals surface area contributed by atoms with E-state index < -0.39 is 0 Å². The molecule has 126 valence electrons. The number of hydrogen-bond donors (Lipinski definition) is 2. The molecule has 3 rings (SSSR count). The largest absolute Gasteiger partial charge is 0.497 e. The molecule has 2 aliphatic rings. The van der Waals surface area contributed by atoms with Crippen molar-refractivity contribution in [2.75, 3.05) is 19.5 Å². The quantitative estimate of drug-likeness (QED) is 0.895. The van der Waals surface area contributed by atoms with E-state index in [2.05, 4.69) is 5.32 Å². The lowest BCUT2D eigenvalue weighted by Crippen LogP contribution is -2.48. The van der Waals surface area contributed by atoms with E-state index in [0.29, 0.717) is 29.0 Å². The maximum Gasteiger partial charge on any atom is 0.227 e. The maximum absolute atomic E-state index is 12.7. The number of methoxy groups -OCH3 is 2. The number of carbonyl (C=O) groups excluding carboxylic acids is 1. The molecule has 1 amide bonds. The predicted octanol–water partition coefficient (Wildman–Crippen LogP) is 2.80. The molecule has 2 fully saturated rings. The molecule has 5 heteroatoms. The summed E-state index contributed by atoms with van der Waals surface area (Å²) in [5.74, 6) is 2.44. The first-order chi connectivity index (χ1) is 11.1. The van der Waals surface area contributed by atoms with Gasteiger partial charge < -0.3 is 20.5 Å². The highest BCUT2D eigenvalue weighted by Gasteiger charge is 2.40. The first-order valence-corrected chi connectivity index (χ1v) is 8.41.